The van der Waals surface area contributed by atoms with Crippen LogP contribution in [0, 0.1) is 0 Å². The van der Waals surface area contributed by atoms with Gasteiger partial charge in [-0.05, 0) is 63.2 Å². The molecule has 2 amide bonds. The van der Waals surface area contributed by atoms with E-state index in [4.69, 9.17) is 30.5 Å². The first-order valence-electron chi connectivity index (χ1n) is 14.0. The molecule has 0 bridgehead atoms. The number of hydrazone groups is 1. The number of nitrogens with two attached hydrogens (primary N) is 2. The fraction of sp³-hybridized carbons (Fsp3) is 0.483. The maximum Gasteiger partial charge on any atom is 0.416 e. The second kappa shape index (κ2) is 18.0. The van der Waals surface area contributed by atoms with E-state index in [0.717, 1.165) is 17.3 Å². The van der Waals surface area contributed by atoms with Gasteiger partial charge in [0.1, 0.15) is 5.60 Å². The van der Waals surface area contributed by atoms with E-state index >= 15 is 0 Å². The Morgan fingerprint density at radius 2 is 1.42 bits per heavy atom. The minimum absolute atomic E-state index is 0.0183. The van der Waals surface area contributed by atoms with Gasteiger partial charge in [0.25, 0.3) is 5.91 Å². The van der Waals surface area contributed by atoms with E-state index in [-0.39, 0.29) is 24.6 Å². The van der Waals surface area contributed by atoms with Gasteiger partial charge >= 0.3 is 12.3 Å². The Labute approximate surface area is 260 Å². The number of nitrogens with one attached hydrogen (secondary N) is 3. The maximum atomic E-state index is 12.9. The first-order chi connectivity index (χ1) is 21.2. The molecule has 45 heavy (non-hydrogen) atoms. The minimum atomic E-state index is -4.46. The number of benzene rings is 2. The molecular weight excluding hydrogens is 599 g/mol. The summed E-state index contributed by atoms with van der Waals surface area (Å²) in [7, 11) is 1.46. The van der Waals surface area contributed by atoms with Crippen molar-refractivity contribution in [3.05, 3.63) is 59.2 Å². The number of carbonyl (C=O) groups excluding carboxylic acids is 2. The fourth-order valence-electron chi connectivity index (χ4n) is 3.55. The van der Waals surface area contributed by atoms with Crippen LogP contribution in [-0.2, 0) is 25.1 Å². The molecule has 0 saturated heterocycles. The summed E-state index contributed by atoms with van der Waals surface area (Å²) < 4.78 is 60.1. The molecule has 0 saturated carbocycles. The Kier molecular flexibility index (Phi) is 14.8. The van der Waals surface area contributed by atoms with E-state index < -0.39 is 29.3 Å². The van der Waals surface area contributed by atoms with Gasteiger partial charge in [-0.3, -0.25) is 4.79 Å². The lowest BCUT2D eigenvalue weighted by atomic mass is 10.1. The van der Waals surface area contributed by atoms with Gasteiger partial charge in [-0.15, -0.1) is 5.10 Å². The van der Waals surface area contributed by atoms with Crippen LogP contribution < -0.4 is 27.5 Å². The Balaban J connectivity index is 1.74. The molecule has 2 rings (SSSR count). The van der Waals surface area contributed by atoms with Gasteiger partial charge < -0.3 is 40.6 Å². The van der Waals surface area contributed by atoms with Gasteiger partial charge in [-0.1, -0.05) is 0 Å². The predicted molar refractivity (Wildman–Crippen MR) is 163 cm³/mol. The number of alkyl halides is 3. The molecule has 13 nitrogen and oxygen atoms in total. The second-order valence-corrected chi connectivity index (χ2v) is 10.5. The smallest absolute Gasteiger partial charge is 0.416 e. The molecule has 0 unspecified atom stereocenters. The van der Waals surface area contributed by atoms with E-state index in [9.17, 15) is 22.8 Å². The highest BCUT2D eigenvalue weighted by Gasteiger charge is 2.30. The van der Waals surface area contributed by atoms with Gasteiger partial charge in [0, 0.05) is 42.6 Å². The molecule has 0 aliphatic heterocycles. The van der Waals surface area contributed by atoms with Crippen LogP contribution in [0.4, 0.5) is 29.3 Å². The number of ether oxygens (including phenoxy) is 4. The Morgan fingerprint density at radius 1 is 0.867 bits per heavy atom. The topological polar surface area (TPSA) is 175 Å². The average molecular weight is 642 g/mol. The molecule has 0 fully saturated rings. The number of rotatable bonds is 17. The zero-order chi connectivity index (χ0) is 33.5. The predicted octanol–water partition coefficient (Wildman–Crippen LogP) is 3.18. The van der Waals surface area contributed by atoms with Crippen LogP contribution in [0.2, 0.25) is 0 Å². The molecule has 16 heteroatoms. The van der Waals surface area contributed by atoms with Crippen molar-refractivity contribution < 1.29 is 41.7 Å². The van der Waals surface area contributed by atoms with Crippen molar-refractivity contribution in [2.24, 2.45) is 16.7 Å². The van der Waals surface area contributed by atoms with E-state index in [1.165, 1.54) is 31.3 Å². The van der Waals surface area contributed by atoms with Gasteiger partial charge in [-0.2, -0.15) is 13.2 Å². The maximum absolute atomic E-state index is 12.9. The first-order valence-corrected chi connectivity index (χ1v) is 14.0. The molecule has 250 valence electrons. The van der Waals surface area contributed by atoms with E-state index in [1.54, 1.807) is 26.8 Å². The standard InChI is InChI=1S/C29H42F3N7O6/c1-28(2,3)45-27(41)36-12-14-43-16-18-44-17-15-42-13-11-35-26(40)20-5-10-24(23(19-20)25(33)38-39(4)34)37-22-8-6-21(7-9-22)29(30,31)32/h5-10,19,37H,11-18,34H2,1-4H3,(H2,33,38)(H,35,40)(H,36,41). The van der Waals surface area contributed by atoms with Gasteiger partial charge in [0.2, 0.25) is 0 Å². The summed E-state index contributed by atoms with van der Waals surface area (Å²) in [5.74, 6) is 5.17. The average Bonchev–Trinajstić information content (AvgIpc) is 2.94. The Morgan fingerprint density at radius 3 is 1.96 bits per heavy atom. The number of halogens is 3. The number of amidine groups is 1. The number of hydrazine groups is 1. The molecule has 2 aromatic rings. The van der Waals surface area contributed by atoms with Crippen molar-refractivity contribution in [3.8, 4) is 0 Å². The molecule has 0 radical (unpaired) electrons. The fourth-order valence-corrected chi connectivity index (χ4v) is 3.55. The van der Waals surface area contributed by atoms with Crippen molar-refractivity contribution in [2.45, 2.75) is 32.5 Å². The summed E-state index contributed by atoms with van der Waals surface area (Å²) in [6.45, 7) is 7.80. The lowest BCUT2D eigenvalue weighted by Crippen LogP contribution is -2.34. The molecule has 0 aliphatic rings. The van der Waals surface area contributed by atoms with Crippen LogP contribution >= 0.6 is 0 Å². The molecule has 0 atom stereocenters. The van der Waals surface area contributed by atoms with E-state index in [1.807, 2.05) is 0 Å². The van der Waals surface area contributed by atoms with Crippen molar-refractivity contribution in [1.29, 1.82) is 0 Å². The number of alkyl carbamates (subject to hydrolysis) is 1. The largest absolute Gasteiger partial charge is 0.444 e. The summed E-state index contributed by atoms with van der Waals surface area (Å²) in [6.07, 6.45) is -4.96. The number of nitrogens with zero attached hydrogens (tertiary/aromatic N) is 2. The molecule has 7 N–H and O–H groups in total. The molecular formula is C29H42F3N7O6. The monoisotopic (exact) mass is 641 g/mol. The van der Waals surface area contributed by atoms with Gasteiger partial charge in [-0.25, -0.2) is 15.8 Å². The van der Waals surface area contributed by atoms with Crippen LogP contribution in [-0.4, -0.2) is 88.3 Å². The molecule has 2 aromatic carbocycles. The van der Waals surface area contributed by atoms with Crippen LogP contribution in [0.25, 0.3) is 0 Å². The first kappa shape index (κ1) is 37.1. The van der Waals surface area contributed by atoms with E-state index in [2.05, 4.69) is 21.1 Å². The summed E-state index contributed by atoms with van der Waals surface area (Å²) in [6, 6.07) is 9.06. The highest BCUT2D eigenvalue weighted by molar-refractivity contribution is 6.05. The van der Waals surface area contributed by atoms with Crippen LogP contribution in [0.5, 0.6) is 0 Å². The third kappa shape index (κ3) is 14.9. The van der Waals surface area contributed by atoms with Crippen molar-refractivity contribution >= 4 is 29.2 Å². The second-order valence-electron chi connectivity index (χ2n) is 10.5. The van der Waals surface area contributed by atoms with Crippen molar-refractivity contribution in [3.63, 3.8) is 0 Å². The van der Waals surface area contributed by atoms with Crippen LogP contribution in [0.3, 0.4) is 0 Å². The van der Waals surface area contributed by atoms with Crippen molar-refractivity contribution in [2.75, 3.05) is 65.1 Å². The third-order valence-electron chi connectivity index (χ3n) is 5.51. The molecule has 0 aromatic heterocycles. The zero-order valence-corrected chi connectivity index (χ0v) is 25.8. The zero-order valence-electron chi connectivity index (χ0n) is 25.8. The molecule has 0 aliphatic carbocycles. The number of hydrogen-bond acceptors (Lipinski definition) is 10. The highest BCUT2D eigenvalue weighted by Crippen LogP contribution is 2.31. The number of carbonyl (C=O) groups is 2. The normalized spacial score (nSPS) is 12.0. The summed E-state index contributed by atoms with van der Waals surface area (Å²) in [4.78, 5) is 24.3. The number of anilines is 2. The Bertz CT molecular complexity index is 1250. The molecule has 0 spiro atoms. The SMILES string of the molecule is CN(N)/N=C(\N)c1cc(C(=O)NCCOCCOCCOCCNC(=O)OC(C)(C)C)ccc1Nc1ccc(C(F)(F)F)cc1. The number of amides is 2. The third-order valence-corrected chi connectivity index (χ3v) is 5.51. The van der Waals surface area contributed by atoms with Gasteiger partial charge in [0.05, 0.1) is 45.2 Å². The lowest BCUT2D eigenvalue weighted by molar-refractivity contribution is -0.137. The Hall–Kier alpha value is -4.12. The van der Waals surface area contributed by atoms with Gasteiger partial charge in [0.15, 0.2) is 5.84 Å². The highest BCUT2D eigenvalue weighted by atomic mass is 19.4. The quantitative estimate of drug-likeness (QED) is 0.0567. The lowest BCUT2D eigenvalue weighted by Gasteiger charge is -2.19. The minimum Gasteiger partial charge on any atom is -0.444 e. The summed E-state index contributed by atoms with van der Waals surface area (Å²) in [5, 5.41) is 13.3. The molecule has 0 heterocycles. The number of hydrogen-bond donors (Lipinski definition) is 5. The van der Waals surface area contributed by atoms with Crippen molar-refractivity contribution in [1.82, 2.24) is 15.8 Å². The summed E-state index contributed by atoms with van der Waals surface area (Å²) in [5.41, 5.74) is 6.12. The van der Waals surface area contributed by atoms with E-state index in [0.29, 0.717) is 56.5 Å². The van der Waals surface area contributed by atoms with Crippen LogP contribution in [0.1, 0.15) is 42.3 Å². The summed E-state index contributed by atoms with van der Waals surface area (Å²) >= 11 is 0. The van der Waals surface area contributed by atoms with Crippen LogP contribution in [0.15, 0.2) is 47.6 Å².